The molecule has 8 N–H and O–H groups in total. The van der Waals surface area contributed by atoms with Crippen LogP contribution in [0.3, 0.4) is 0 Å². The average molecular weight is 390 g/mol. The third-order valence-corrected chi connectivity index (χ3v) is 4.95. The van der Waals surface area contributed by atoms with E-state index in [1.807, 2.05) is 0 Å². The van der Waals surface area contributed by atoms with Crippen LogP contribution in [0.15, 0.2) is 0 Å². The van der Waals surface area contributed by atoms with Gasteiger partial charge in [-0.3, -0.25) is 0 Å². The van der Waals surface area contributed by atoms with E-state index in [9.17, 15) is 34.8 Å². The van der Waals surface area contributed by atoms with Crippen LogP contribution in [0.2, 0.25) is 0 Å². The van der Waals surface area contributed by atoms with E-state index in [4.69, 9.17) is 23.9 Å². The summed E-state index contributed by atoms with van der Waals surface area (Å²) < 4.78 is 35.6. The highest BCUT2D eigenvalue weighted by atomic mass is 32.2. The molecule has 2 heterocycles. The molecule has 0 bridgehead atoms. The van der Waals surface area contributed by atoms with Crippen LogP contribution in [-0.2, 0) is 25.3 Å². The summed E-state index contributed by atoms with van der Waals surface area (Å²) in [6.07, 6.45) is -14.5. The molecule has 0 amide bonds. The summed E-state index contributed by atoms with van der Waals surface area (Å²) >= 11 is -2.66. The van der Waals surface area contributed by atoms with Gasteiger partial charge in [-0.05, 0) is 0 Å². The summed E-state index contributed by atoms with van der Waals surface area (Å²) in [5, 5.41) is 67.8. The highest BCUT2D eigenvalue weighted by molar-refractivity contribution is 7.79. The normalized spacial score (nSPS) is 49.8. The average Bonchev–Trinajstić information content (AvgIpc) is 2.58. The van der Waals surface area contributed by atoms with Crippen molar-refractivity contribution in [3.63, 3.8) is 0 Å². The van der Waals surface area contributed by atoms with Crippen molar-refractivity contribution in [3.8, 4) is 0 Å². The first-order chi connectivity index (χ1) is 11.7. The van der Waals surface area contributed by atoms with Gasteiger partial charge in [-0.25, -0.2) is 4.21 Å². The van der Waals surface area contributed by atoms with Gasteiger partial charge in [0.05, 0.1) is 13.2 Å². The molecule has 0 radical (unpaired) electrons. The van der Waals surface area contributed by atoms with Gasteiger partial charge in [-0.2, -0.15) is 0 Å². The number of aliphatic hydroxyl groups is 7. The van der Waals surface area contributed by atoms with E-state index in [0.717, 1.165) is 0 Å². The molecule has 12 nitrogen and oxygen atoms in total. The SMILES string of the molecule is O=S(O)[C@@H]1OC(CO)[C@@H](O[C@H]2OC(CO)[C@@H](O)[C@H](O)[C@H]2O)[C@H](O)[C@H]1O. The maximum absolute atomic E-state index is 11.1. The van der Waals surface area contributed by atoms with Crippen LogP contribution >= 0.6 is 0 Å². The summed E-state index contributed by atoms with van der Waals surface area (Å²) in [6.45, 7) is -1.47. The third kappa shape index (κ3) is 4.18. The van der Waals surface area contributed by atoms with Gasteiger partial charge in [0.2, 0.25) is 0 Å². The van der Waals surface area contributed by atoms with Crippen LogP contribution in [0.25, 0.3) is 0 Å². The first-order valence-electron chi connectivity index (χ1n) is 7.41. The van der Waals surface area contributed by atoms with Crippen molar-refractivity contribution in [2.45, 2.75) is 60.6 Å². The number of rotatable bonds is 5. The molecule has 0 saturated carbocycles. The standard InChI is InChI=1S/C12H22O12S/c13-1-3-5(15)6(16)8(18)11(22-3)24-10-4(2-14)23-12(25(20)21)9(19)7(10)17/h3-19H,1-2H2,(H,20,21)/t3?,4?,5-,6+,7-,8-,9-,10-,11-,12+/m1/s1. The minimum atomic E-state index is -2.66. The van der Waals surface area contributed by atoms with E-state index in [1.165, 1.54) is 0 Å². The lowest BCUT2D eigenvalue weighted by Gasteiger charge is -2.45. The van der Waals surface area contributed by atoms with Crippen molar-refractivity contribution in [3.05, 3.63) is 0 Å². The van der Waals surface area contributed by atoms with Crippen molar-refractivity contribution in [2.75, 3.05) is 13.2 Å². The Morgan fingerprint density at radius 1 is 0.800 bits per heavy atom. The van der Waals surface area contributed by atoms with Crippen LogP contribution in [0.4, 0.5) is 0 Å². The van der Waals surface area contributed by atoms with E-state index in [1.54, 1.807) is 0 Å². The molecule has 3 unspecified atom stereocenters. The van der Waals surface area contributed by atoms with Gasteiger partial charge in [-0.15, -0.1) is 0 Å². The Morgan fingerprint density at radius 2 is 1.40 bits per heavy atom. The molecule has 0 aromatic rings. The van der Waals surface area contributed by atoms with Crippen molar-refractivity contribution in [1.82, 2.24) is 0 Å². The second-order valence-corrected chi connectivity index (χ2v) is 6.80. The number of ether oxygens (including phenoxy) is 3. The van der Waals surface area contributed by atoms with Gasteiger partial charge in [0, 0.05) is 0 Å². The lowest BCUT2D eigenvalue weighted by atomic mass is 9.97. The summed E-state index contributed by atoms with van der Waals surface area (Å²) in [6, 6.07) is 0. The van der Waals surface area contributed by atoms with E-state index in [2.05, 4.69) is 0 Å². The minimum absolute atomic E-state index is 0.702. The van der Waals surface area contributed by atoms with E-state index >= 15 is 0 Å². The van der Waals surface area contributed by atoms with Gasteiger partial charge in [0.25, 0.3) is 0 Å². The second kappa shape index (κ2) is 8.60. The quantitative estimate of drug-likeness (QED) is 0.207. The molecule has 11 atom stereocenters. The van der Waals surface area contributed by atoms with Crippen LogP contribution in [0.1, 0.15) is 0 Å². The van der Waals surface area contributed by atoms with Gasteiger partial charge < -0.3 is 54.5 Å². The summed E-state index contributed by atoms with van der Waals surface area (Å²) in [7, 11) is 0. The maximum Gasteiger partial charge on any atom is 0.187 e. The van der Waals surface area contributed by atoms with Gasteiger partial charge in [0.15, 0.2) is 22.8 Å². The zero-order valence-electron chi connectivity index (χ0n) is 12.8. The molecule has 2 rings (SSSR count). The van der Waals surface area contributed by atoms with Gasteiger partial charge in [-0.1, -0.05) is 0 Å². The molecule has 25 heavy (non-hydrogen) atoms. The summed E-state index contributed by atoms with van der Waals surface area (Å²) in [5.41, 5.74) is -1.69. The van der Waals surface area contributed by atoms with E-state index < -0.39 is 84.9 Å². The van der Waals surface area contributed by atoms with Crippen LogP contribution in [0.5, 0.6) is 0 Å². The fourth-order valence-corrected chi connectivity index (χ4v) is 3.36. The monoisotopic (exact) mass is 390 g/mol. The Morgan fingerprint density at radius 3 is 1.92 bits per heavy atom. The molecular weight excluding hydrogens is 368 g/mol. The minimum Gasteiger partial charge on any atom is -0.394 e. The summed E-state index contributed by atoms with van der Waals surface area (Å²) in [5.74, 6) is 0. The highest BCUT2D eigenvalue weighted by Gasteiger charge is 2.51. The fourth-order valence-electron chi connectivity index (χ4n) is 2.72. The molecule has 0 aliphatic carbocycles. The zero-order chi connectivity index (χ0) is 18.9. The molecule has 148 valence electrons. The molecule has 2 aliphatic rings. The molecule has 13 heteroatoms. The Bertz CT molecular complexity index is 461. The maximum atomic E-state index is 11.1. The Labute approximate surface area is 144 Å². The molecular formula is C12H22O12S. The van der Waals surface area contributed by atoms with Crippen molar-refractivity contribution in [1.29, 1.82) is 0 Å². The number of aliphatic hydroxyl groups excluding tert-OH is 7. The van der Waals surface area contributed by atoms with Crippen molar-refractivity contribution in [2.24, 2.45) is 0 Å². The van der Waals surface area contributed by atoms with Gasteiger partial charge >= 0.3 is 0 Å². The molecule has 0 spiro atoms. The molecule has 0 aromatic heterocycles. The number of hydrogen-bond donors (Lipinski definition) is 8. The van der Waals surface area contributed by atoms with E-state index in [0.29, 0.717) is 0 Å². The Hall–Kier alpha value is -0.290. The fraction of sp³-hybridized carbons (Fsp3) is 1.00. The predicted octanol–water partition coefficient (Wildman–Crippen LogP) is -5.17. The Balaban J connectivity index is 2.15. The summed E-state index contributed by atoms with van der Waals surface area (Å²) in [4.78, 5) is 0. The zero-order valence-corrected chi connectivity index (χ0v) is 13.6. The first kappa shape index (κ1) is 21.0. The number of hydrogen-bond acceptors (Lipinski definition) is 11. The molecule has 2 aliphatic heterocycles. The lowest BCUT2D eigenvalue weighted by Crippen LogP contribution is -2.64. The van der Waals surface area contributed by atoms with Crippen LogP contribution < -0.4 is 0 Å². The van der Waals surface area contributed by atoms with E-state index in [-0.39, 0.29) is 0 Å². The topological polar surface area (TPSA) is 207 Å². The molecule has 2 fully saturated rings. The molecule has 2 saturated heterocycles. The van der Waals surface area contributed by atoms with Crippen LogP contribution in [0, 0.1) is 0 Å². The van der Waals surface area contributed by atoms with Crippen LogP contribution in [-0.4, -0.2) is 118 Å². The third-order valence-electron chi connectivity index (χ3n) is 4.16. The largest absolute Gasteiger partial charge is 0.394 e. The predicted molar refractivity (Wildman–Crippen MR) is 77.2 cm³/mol. The van der Waals surface area contributed by atoms with Crippen molar-refractivity contribution >= 4 is 11.1 Å². The smallest absolute Gasteiger partial charge is 0.187 e. The van der Waals surface area contributed by atoms with Gasteiger partial charge in [0.1, 0.15) is 48.8 Å². The van der Waals surface area contributed by atoms with Crippen molar-refractivity contribution < 1.29 is 58.7 Å². The Kier molecular flexibility index (Phi) is 7.23. The molecule has 0 aromatic carbocycles. The lowest BCUT2D eigenvalue weighted by molar-refractivity contribution is -0.338. The second-order valence-electron chi connectivity index (χ2n) is 5.78. The highest BCUT2D eigenvalue weighted by Crippen LogP contribution is 2.29. The first-order valence-corrected chi connectivity index (χ1v) is 8.58.